The van der Waals surface area contributed by atoms with Crippen molar-refractivity contribution in [2.45, 2.75) is 24.2 Å². The molecule has 1 aromatic carbocycles. The van der Waals surface area contributed by atoms with Gasteiger partial charge < -0.3 is 4.98 Å². The Balaban J connectivity index is 1.84. The van der Waals surface area contributed by atoms with Gasteiger partial charge >= 0.3 is 0 Å². The molecule has 2 nitrogen and oxygen atoms in total. The molecule has 4 rings (SSSR count). The van der Waals surface area contributed by atoms with Crippen molar-refractivity contribution in [3.63, 3.8) is 0 Å². The molecular formula is C13H12N2. The van der Waals surface area contributed by atoms with Crippen molar-refractivity contribution >= 4 is 0 Å². The third-order valence-corrected chi connectivity index (χ3v) is 4.05. The van der Waals surface area contributed by atoms with Crippen molar-refractivity contribution in [2.75, 3.05) is 0 Å². The summed E-state index contributed by atoms with van der Waals surface area (Å²) in [4.78, 5) is 7.43. The molecule has 0 bridgehead atoms. The largest absolute Gasteiger partial charge is 0.348 e. The van der Waals surface area contributed by atoms with Crippen LogP contribution in [0.25, 0.3) is 0 Å². The second kappa shape index (κ2) is 2.32. The molecule has 2 aliphatic carbocycles. The number of rotatable bonds is 1. The number of aromatic amines is 1. The number of hydrogen-bond acceptors (Lipinski definition) is 1. The molecule has 0 saturated heterocycles. The zero-order chi connectivity index (χ0) is 9.88. The van der Waals surface area contributed by atoms with Gasteiger partial charge in [0.25, 0.3) is 0 Å². The third kappa shape index (κ3) is 0.827. The number of nitrogens with one attached hydrogen (secondary N) is 1. The minimum Gasteiger partial charge on any atom is -0.348 e. The Hall–Kier alpha value is -1.57. The van der Waals surface area contributed by atoms with Crippen LogP contribution in [0, 0.1) is 0 Å². The fourth-order valence-corrected chi connectivity index (χ4v) is 3.20. The molecule has 1 aromatic heterocycles. The molecule has 1 saturated carbocycles. The SMILES string of the molecule is c1ccc2c(c1)C[C@]1(c3cnc[nH]3)CC21. The smallest absolute Gasteiger partial charge is 0.0921 e. The molecule has 2 atom stereocenters. The molecule has 0 radical (unpaired) electrons. The lowest BCUT2D eigenvalue weighted by molar-refractivity contribution is 0.679. The molecule has 2 aliphatic rings. The standard InChI is InChI=1S/C13H12N2/c1-2-4-10-9(3-1)5-13(6-11(10)13)12-7-14-8-15-12/h1-4,7-8,11H,5-6H2,(H,14,15)/t11?,13-/m0/s1. The molecule has 1 fully saturated rings. The fraction of sp³-hybridized carbons (Fsp3) is 0.308. The van der Waals surface area contributed by atoms with Crippen molar-refractivity contribution < 1.29 is 0 Å². The summed E-state index contributed by atoms with van der Waals surface area (Å²) >= 11 is 0. The zero-order valence-electron chi connectivity index (χ0n) is 8.40. The minimum atomic E-state index is 0.375. The Morgan fingerprint density at radius 3 is 3.07 bits per heavy atom. The van der Waals surface area contributed by atoms with Gasteiger partial charge in [-0.25, -0.2) is 4.98 Å². The van der Waals surface area contributed by atoms with Gasteiger partial charge in [0, 0.05) is 17.3 Å². The number of imidazole rings is 1. The highest BCUT2D eigenvalue weighted by Crippen LogP contribution is 2.66. The number of hydrogen-bond donors (Lipinski definition) is 1. The van der Waals surface area contributed by atoms with E-state index < -0.39 is 0 Å². The first-order chi connectivity index (χ1) is 7.40. The van der Waals surface area contributed by atoms with Crippen LogP contribution in [0.3, 0.4) is 0 Å². The molecule has 74 valence electrons. The lowest BCUT2D eigenvalue weighted by Crippen LogP contribution is -2.08. The van der Waals surface area contributed by atoms with Gasteiger partial charge in [-0.1, -0.05) is 24.3 Å². The summed E-state index contributed by atoms with van der Waals surface area (Å²) in [5, 5.41) is 0. The van der Waals surface area contributed by atoms with E-state index in [2.05, 4.69) is 34.2 Å². The van der Waals surface area contributed by atoms with Gasteiger partial charge in [0.05, 0.1) is 6.33 Å². The van der Waals surface area contributed by atoms with E-state index in [1.165, 1.54) is 24.1 Å². The van der Waals surface area contributed by atoms with E-state index in [4.69, 9.17) is 0 Å². The van der Waals surface area contributed by atoms with Gasteiger partial charge in [-0.05, 0) is 29.9 Å². The average molecular weight is 196 g/mol. The molecule has 2 heteroatoms. The lowest BCUT2D eigenvalue weighted by Gasteiger charge is -2.08. The molecule has 15 heavy (non-hydrogen) atoms. The van der Waals surface area contributed by atoms with Gasteiger partial charge in [-0.3, -0.25) is 0 Å². The molecule has 1 unspecified atom stereocenters. The molecule has 0 amide bonds. The van der Waals surface area contributed by atoms with E-state index in [0.29, 0.717) is 5.41 Å². The van der Waals surface area contributed by atoms with E-state index in [0.717, 1.165) is 5.92 Å². The summed E-state index contributed by atoms with van der Waals surface area (Å²) in [7, 11) is 0. The predicted molar refractivity (Wildman–Crippen MR) is 57.8 cm³/mol. The maximum atomic E-state index is 4.15. The average Bonchev–Trinajstić information content (AvgIpc) is 2.70. The number of aromatic nitrogens is 2. The van der Waals surface area contributed by atoms with E-state index in [1.807, 2.05) is 6.20 Å². The highest BCUT2D eigenvalue weighted by atomic mass is 14.9. The van der Waals surface area contributed by atoms with Gasteiger partial charge in [-0.2, -0.15) is 0 Å². The Morgan fingerprint density at radius 2 is 2.27 bits per heavy atom. The van der Waals surface area contributed by atoms with Crippen molar-refractivity contribution in [1.29, 1.82) is 0 Å². The summed E-state index contributed by atoms with van der Waals surface area (Å²) in [6.07, 6.45) is 6.27. The molecule has 1 N–H and O–H groups in total. The number of nitrogens with zero attached hydrogens (tertiary/aromatic N) is 1. The first kappa shape index (κ1) is 7.69. The van der Waals surface area contributed by atoms with E-state index in [9.17, 15) is 0 Å². The zero-order valence-corrected chi connectivity index (χ0v) is 8.40. The monoisotopic (exact) mass is 196 g/mol. The summed E-state index contributed by atoms with van der Waals surface area (Å²) < 4.78 is 0. The second-order valence-electron chi connectivity index (χ2n) is 4.75. The maximum absolute atomic E-state index is 4.15. The normalized spacial score (nSPS) is 31.1. The predicted octanol–water partition coefficient (Wildman–Crippen LogP) is 2.39. The topological polar surface area (TPSA) is 28.7 Å². The van der Waals surface area contributed by atoms with E-state index >= 15 is 0 Å². The maximum Gasteiger partial charge on any atom is 0.0921 e. The van der Waals surface area contributed by atoms with Gasteiger partial charge in [0.1, 0.15) is 0 Å². The van der Waals surface area contributed by atoms with Crippen LogP contribution in [-0.4, -0.2) is 9.97 Å². The van der Waals surface area contributed by atoms with Crippen LogP contribution in [0.5, 0.6) is 0 Å². The quantitative estimate of drug-likeness (QED) is 0.745. The highest BCUT2D eigenvalue weighted by molar-refractivity contribution is 5.51. The third-order valence-electron chi connectivity index (χ3n) is 4.05. The number of fused-ring (bicyclic) bond motifs is 3. The van der Waals surface area contributed by atoms with E-state index in [1.54, 1.807) is 11.9 Å². The van der Waals surface area contributed by atoms with Crippen molar-refractivity contribution in [2.24, 2.45) is 0 Å². The van der Waals surface area contributed by atoms with Crippen LogP contribution in [0.4, 0.5) is 0 Å². The first-order valence-corrected chi connectivity index (χ1v) is 5.47. The second-order valence-corrected chi connectivity index (χ2v) is 4.75. The molecule has 0 aliphatic heterocycles. The number of H-pyrrole nitrogens is 1. The van der Waals surface area contributed by atoms with Crippen molar-refractivity contribution in [3.8, 4) is 0 Å². The van der Waals surface area contributed by atoms with Gasteiger partial charge in [0.2, 0.25) is 0 Å². The Bertz CT molecular complexity index is 515. The van der Waals surface area contributed by atoms with Crippen LogP contribution in [0.2, 0.25) is 0 Å². The molecule has 2 aromatic rings. The van der Waals surface area contributed by atoms with Crippen LogP contribution in [0.1, 0.15) is 29.2 Å². The Morgan fingerprint density at radius 1 is 1.33 bits per heavy atom. The molecule has 1 heterocycles. The van der Waals surface area contributed by atoms with Crippen molar-refractivity contribution in [3.05, 3.63) is 53.6 Å². The molecule has 0 spiro atoms. The first-order valence-electron chi connectivity index (χ1n) is 5.47. The van der Waals surface area contributed by atoms with Gasteiger partial charge in [-0.15, -0.1) is 0 Å². The molecular weight excluding hydrogens is 184 g/mol. The van der Waals surface area contributed by atoms with Crippen LogP contribution in [-0.2, 0) is 11.8 Å². The van der Waals surface area contributed by atoms with Gasteiger partial charge in [0.15, 0.2) is 0 Å². The van der Waals surface area contributed by atoms with Crippen molar-refractivity contribution in [1.82, 2.24) is 9.97 Å². The fourth-order valence-electron chi connectivity index (χ4n) is 3.20. The highest BCUT2D eigenvalue weighted by Gasteiger charge is 2.61. The summed E-state index contributed by atoms with van der Waals surface area (Å²) in [5.41, 5.74) is 4.79. The Kier molecular flexibility index (Phi) is 1.19. The van der Waals surface area contributed by atoms with E-state index in [-0.39, 0.29) is 0 Å². The van der Waals surface area contributed by atoms with Crippen LogP contribution in [0.15, 0.2) is 36.8 Å². The summed E-state index contributed by atoms with van der Waals surface area (Å²) in [6.45, 7) is 0. The van der Waals surface area contributed by atoms with Crippen LogP contribution >= 0.6 is 0 Å². The summed E-state index contributed by atoms with van der Waals surface area (Å²) in [5.74, 6) is 0.745. The Labute approximate surface area is 88.4 Å². The minimum absolute atomic E-state index is 0.375. The van der Waals surface area contributed by atoms with Crippen LogP contribution < -0.4 is 0 Å². The lowest BCUT2D eigenvalue weighted by atomic mass is 9.98. The summed E-state index contributed by atoms with van der Waals surface area (Å²) in [6, 6.07) is 8.84. The number of benzene rings is 1.